The lowest BCUT2D eigenvalue weighted by atomic mass is 9.97. The molecular weight excluding hydrogens is 306 g/mol. The van der Waals surface area contributed by atoms with Gasteiger partial charge in [0, 0.05) is 15.2 Å². The minimum absolute atomic E-state index is 0.468. The highest BCUT2D eigenvalue weighted by atomic mass is 79.9. The molecule has 0 amide bonds. The van der Waals surface area contributed by atoms with Crippen molar-refractivity contribution in [1.82, 2.24) is 5.32 Å². The minimum atomic E-state index is 0.468. The lowest BCUT2D eigenvalue weighted by Crippen LogP contribution is -2.16. The normalized spacial score (nSPS) is 13.4. The molecule has 3 heteroatoms. The zero-order valence-electron chi connectivity index (χ0n) is 11.2. The summed E-state index contributed by atoms with van der Waals surface area (Å²) in [7, 11) is 2.06. The van der Waals surface area contributed by atoms with Crippen LogP contribution in [0.25, 0.3) is 10.1 Å². The molecule has 0 aliphatic heterocycles. The molecular formula is C15H20BrNS. The average Bonchev–Trinajstić information content (AvgIpc) is 2.75. The molecule has 0 aliphatic carbocycles. The van der Waals surface area contributed by atoms with Gasteiger partial charge < -0.3 is 5.32 Å². The van der Waals surface area contributed by atoms with E-state index in [9.17, 15) is 0 Å². The molecule has 2 rings (SSSR count). The van der Waals surface area contributed by atoms with E-state index in [2.05, 4.69) is 65.7 Å². The Morgan fingerprint density at radius 3 is 2.72 bits per heavy atom. The summed E-state index contributed by atoms with van der Waals surface area (Å²) in [5.41, 5.74) is 1.44. The number of rotatable bonds is 5. The van der Waals surface area contributed by atoms with Crippen molar-refractivity contribution in [2.24, 2.45) is 5.92 Å². The van der Waals surface area contributed by atoms with Crippen molar-refractivity contribution < 1.29 is 0 Å². The lowest BCUT2D eigenvalue weighted by Gasteiger charge is -2.17. The lowest BCUT2D eigenvalue weighted by molar-refractivity contribution is 0.467. The van der Waals surface area contributed by atoms with Gasteiger partial charge in [0.15, 0.2) is 0 Å². The number of benzene rings is 1. The van der Waals surface area contributed by atoms with Crippen molar-refractivity contribution in [2.75, 3.05) is 7.05 Å². The van der Waals surface area contributed by atoms with Crippen LogP contribution in [-0.4, -0.2) is 7.05 Å². The standard InChI is InChI=1S/C15H20BrNS/c1-10(2)7-8-14(17-3)12-9-18-15-11(12)5-4-6-13(15)16/h4-6,9-10,14,17H,7-8H2,1-3H3. The van der Waals surface area contributed by atoms with E-state index in [-0.39, 0.29) is 0 Å². The number of hydrogen-bond acceptors (Lipinski definition) is 2. The summed E-state index contributed by atoms with van der Waals surface area (Å²) in [4.78, 5) is 0. The first-order valence-electron chi connectivity index (χ1n) is 6.46. The molecule has 0 spiro atoms. The Kier molecular flexibility index (Phi) is 4.82. The maximum Gasteiger partial charge on any atom is 0.0488 e. The Morgan fingerprint density at radius 1 is 1.28 bits per heavy atom. The first-order chi connectivity index (χ1) is 8.63. The summed E-state index contributed by atoms with van der Waals surface area (Å²) in [6.45, 7) is 4.57. The van der Waals surface area contributed by atoms with Crippen LogP contribution in [0.15, 0.2) is 28.1 Å². The molecule has 1 nitrogen and oxygen atoms in total. The molecule has 0 saturated carbocycles. The molecule has 0 bridgehead atoms. The summed E-state index contributed by atoms with van der Waals surface area (Å²) in [5.74, 6) is 0.762. The number of halogens is 1. The minimum Gasteiger partial charge on any atom is -0.313 e. The van der Waals surface area contributed by atoms with Crippen LogP contribution in [0.5, 0.6) is 0 Å². The molecule has 0 radical (unpaired) electrons. The second kappa shape index (κ2) is 6.18. The number of fused-ring (bicyclic) bond motifs is 1. The van der Waals surface area contributed by atoms with Crippen molar-refractivity contribution in [3.63, 3.8) is 0 Å². The van der Waals surface area contributed by atoms with Crippen LogP contribution in [0.1, 0.15) is 38.3 Å². The van der Waals surface area contributed by atoms with Gasteiger partial charge in [0.1, 0.15) is 0 Å². The fraction of sp³-hybridized carbons (Fsp3) is 0.467. The number of thiophene rings is 1. The Balaban J connectivity index is 2.31. The molecule has 98 valence electrons. The van der Waals surface area contributed by atoms with E-state index in [4.69, 9.17) is 0 Å². The molecule has 18 heavy (non-hydrogen) atoms. The number of hydrogen-bond donors (Lipinski definition) is 1. The molecule has 1 unspecified atom stereocenters. The second-order valence-corrected chi connectivity index (χ2v) is 6.85. The quantitative estimate of drug-likeness (QED) is 0.780. The first kappa shape index (κ1) is 14.0. The van der Waals surface area contributed by atoms with Crippen LogP contribution in [0, 0.1) is 5.92 Å². The predicted molar refractivity (Wildman–Crippen MR) is 85.4 cm³/mol. The molecule has 0 saturated heterocycles. The fourth-order valence-electron chi connectivity index (χ4n) is 2.27. The van der Waals surface area contributed by atoms with Crippen LogP contribution in [0.2, 0.25) is 0 Å². The van der Waals surface area contributed by atoms with Crippen molar-refractivity contribution in [3.05, 3.63) is 33.6 Å². The number of nitrogens with one attached hydrogen (secondary N) is 1. The van der Waals surface area contributed by atoms with E-state index in [1.807, 2.05) is 11.3 Å². The molecule has 1 N–H and O–H groups in total. The average molecular weight is 326 g/mol. The van der Waals surface area contributed by atoms with Crippen molar-refractivity contribution in [2.45, 2.75) is 32.7 Å². The molecule has 2 aromatic rings. The Bertz CT molecular complexity index is 518. The van der Waals surface area contributed by atoms with Crippen LogP contribution >= 0.6 is 27.3 Å². The van der Waals surface area contributed by atoms with Crippen LogP contribution in [0.4, 0.5) is 0 Å². The van der Waals surface area contributed by atoms with Gasteiger partial charge in [0.2, 0.25) is 0 Å². The van der Waals surface area contributed by atoms with Crippen molar-refractivity contribution >= 4 is 37.4 Å². The van der Waals surface area contributed by atoms with E-state index in [0.29, 0.717) is 6.04 Å². The van der Waals surface area contributed by atoms with E-state index in [1.54, 1.807) is 0 Å². The summed E-state index contributed by atoms with van der Waals surface area (Å²) in [6, 6.07) is 6.93. The Labute approximate surface area is 122 Å². The van der Waals surface area contributed by atoms with Gasteiger partial charge >= 0.3 is 0 Å². The monoisotopic (exact) mass is 325 g/mol. The Hall–Kier alpha value is -0.380. The van der Waals surface area contributed by atoms with Crippen LogP contribution < -0.4 is 5.32 Å². The van der Waals surface area contributed by atoms with Gasteiger partial charge in [0.05, 0.1) is 0 Å². The fourth-order valence-corrected chi connectivity index (χ4v) is 3.94. The van der Waals surface area contributed by atoms with Crippen LogP contribution in [0.3, 0.4) is 0 Å². The van der Waals surface area contributed by atoms with E-state index in [0.717, 1.165) is 5.92 Å². The van der Waals surface area contributed by atoms with E-state index >= 15 is 0 Å². The van der Waals surface area contributed by atoms with Crippen molar-refractivity contribution in [3.8, 4) is 0 Å². The highest BCUT2D eigenvalue weighted by molar-refractivity contribution is 9.10. The van der Waals surface area contributed by atoms with E-state index in [1.165, 1.54) is 33.0 Å². The predicted octanol–water partition coefficient (Wildman–Crippen LogP) is 5.36. The second-order valence-electron chi connectivity index (χ2n) is 5.12. The third-order valence-corrected chi connectivity index (χ3v) is 5.31. The maximum absolute atomic E-state index is 3.63. The molecule has 0 fully saturated rings. The topological polar surface area (TPSA) is 12.0 Å². The van der Waals surface area contributed by atoms with Gasteiger partial charge in [-0.2, -0.15) is 0 Å². The summed E-state index contributed by atoms with van der Waals surface area (Å²) < 4.78 is 2.56. The zero-order chi connectivity index (χ0) is 13.1. The summed E-state index contributed by atoms with van der Waals surface area (Å²) >= 11 is 5.47. The van der Waals surface area contributed by atoms with Crippen molar-refractivity contribution in [1.29, 1.82) is 0 Å². The third-order valence-electron chi connectivity index (χ3n) is 3.34. The smallest absolute Gasteiger partial charge is 0.0488 e. The zero-order valence-corrected chi connectivity index (χ0v) is 13.6. The highest BCUT2D eigenvalue weighted by Crippen LogP contribution is 2.36. The molecule has 1 heterocycles. The van der Waals surface area contributed by atoms with Gasteiger partial charge in [0.25, 0.3) is 0 Å². The van der Waals surface area contributed by atoms with Gasteiger partial charge in [-0.05, 0) is 64.1 Å². The molecule has 1 aromatic carbocycles. The largest absolute Gasteiger partial charge is 0.313 e. The van der Waals surface area contributed by atoms with Gasteiger partial charge in [-0.1, -0.05) is 26.0 Å². The SMILES string of the molecule is CNC(CCC(C)C)c1csc2c(Br)cccc12. The van der Waals surface area contributed by atoms with Gasteiger partial charge in [-0.25, -0.2) is 0 Å². The van der Waals surface area contributed by atoms with E-state index < -0.39 is 0 Å². The molecule has 0 aliphatic rings. The van der Waals surface area contributed by atoms with Crippen LogP contribution in [-0.2, 0) is 0 Å². The Morgan fingerprint density at radius 2 is 2.06 bits per heavy atom. The first-order valence-corrected chi connectivity index (χ1v) is 8.13. The summed E-state index contributed by atoms with van der Waals surface area (Å²) in [5, 5.41) is 7.15. The highest BCUT2D eigenvalue weighted by Gasteiger charge is 2.15. The summed E-state index contributed by atoms with van der Waals surface area (Å²) in [6.07, 6.45) is 2.46. The maximum atomic E-state index is 3.63. The third kappa shape index (κ3) is 2.95. The molecule has 1 aromatic heterocycles. The van der Waals surface area contributed by atoms with Gasteiger partial charge in [-0.3, -0.25) is 0 Å². The molecule has 1 atom stereocenters. The van der Waals surface area contributed by atoms with Gasteiger partial charge in [-0.15, -0.1) is 11.3 Å².